The molecule has 5 aliphatic heterocycles. The lowest BCUT2D eigenvalue weighted by Gasteiger charge is -2.49. The summed E-state index contributed by atoms with van der Waals surface area (Å²) in [6, 6.07) is -1.13. The monoisotopic (exact) mass is 1010 g/mol. The minimum Gasteiger partial charge on any atom is -0.459 e. The number of fused-ring (bicyclic) bond motifs is 1. The molecule has 0 radical (unpaired) electrons. The number of ether oxygens (including phenoxy) is 6. The van der Waals surface area contributed by atoms with Crippen molar-refractivity contribution in [1.82, 2.24) is 20.0 Å². The fraction of sp³-hybridized carbons (Fsp3) is 0.885. The molecule has 1 aliphatic carbocycles. The first-order valence-corrected chi connectivity index (χ1v) is 26.4. The Hall–Kier alpha value is -2.69. The zero-order valence-electron chi connectivity index (χ0n) is 44.5. The summed E-state index contributed by atoms with van der Waals surface area (Å²) in [5.74, 6) is -4.90. The maximum atomic E-state index is 15.5. The molecule has 18 nitrogen and oxygen atoms in total. The molecule has 0 aromatic carbocycles. The van der Waals surface area contributed by atoms with Gasteiger partial charge in [-0.15, -0.1) is 0 Å². The lowest BCUT2D eigenvalue weighted by atomic mass is 9.78. The molecule has 4 saturated heterocycles. The third kappa shape index (κ3) is 13.4. The summed E-state index contributed by atoms with van der Waals surface area (Å²) in [7, 11) is 3.78. The van der Waals surface area contributed by atoms with Gasteiger partial charge in [0.25, 0.3) is 0 Å². The van der Waals surface area contributed by atoms with E-state index in [0.29, 0.717) is 64.1 Å². The fourth-order valence-electron chi connectivity index (χ4n) is 12.1. The number of allylic oxidation sites excluding steroid dienone is 1. The Labute approximate surface area is 421 Å². The van der Waals surface area contributed by atoms with E-state index in [4.69, 9.17) is 28.4 Å². The minimum absolute atomic E-state index is 0.0545. The van der Waals surface area contributed by atoms with E-state index in [-0.39, 0.29) is 73.9 Å². The third-order valence-corrected chi connectivity index (χ3v) is 16.6. The predicted molar refractivity (Wildman–Crippen MR) is 263 cm³/mol. The van der Waals surface area contributed by atoms with Gasteiger partial charge in [0, 0.05) is 101 Å². The van der Waals surface area contributed by atoms with Gasteiger partial charge in [-0.2, -0.15) is 0 Å². The molecule has 1 amide bonds. The Morgan fingerprint density at radius 2 is 1.62 bits per heavy atom. The Morgan fingerprint density at radius 1 is 0.930 bits per heavy atom. The van der Waals surface area contributed by atoms with Crippen LogP contribution >= 0.6 is 0 Å². The minimum atomic E-state index is -2.03. The van der Waals surface area contributed by atoms with Crippen LogP contribution in [0.4, 0.5) is 4.39 Å². The van der Waals surface area contributed by atoms with Crippen LogP contribution in [0.1, 0.15) is 121 Å². The van der Waals surface area contributed by atoms with Crippen molar-refractivity contribution in [3.8, 4) is 0 Å². The average Bonchev–Trinajstić information content (AvgIpc) is 3.31. The molecular formula is C52H88FN5O13. The second-order valence-corrected chi connectivity index (χ2v) is 22.5. The molecule has 20 unspecified atom stereocenters. The van der Waals surface area contributed by atoms with Crippen molar-refractivity contribution >= 4 is 23.9 Å². The van der Waals surface area contributed by atoms with Gasteiger partial charge in [-0.25, -0.2) is 4.39 Å². The lowest BCUT2D eigenvalue weighted by Crippen LogP contribution is -2.61. The SMILES string of the molecule is CCC1OC(=O)C(C)C(OC2CC(C)C(O)C(C)O2)C(C)C(OC2OC(C)CC(N(C)C)C2O)C(C)(OCCCN2CCN(C3=C(F)CC4C(=O)CC=NC4C3)CC2)CC(C)NC(=O)C(C)C(O)C1(C)O. The molecule has 20 atom stereocenters. The van der Waals surface area contributed by atoms with Crippen molar-refractivity contribution in [1.29, 1.82) is 0 Å². The summed E-state index contributed by atoms with van der Waals surface area (Å²) in [6.45, 7) is 21.0. The van der Waals surface area contributed by atoms with Gasteiger partial charge >= 0.3 is 5.97 Å². The number of amides is 1. The Morgan fingerprint density at radius 3 is 2.27 bits per heavy atom. The first kappa shape index (κ1) is 57.6. The van der Waals surface area contributed by atoms with Gasteiger partial charge in [0.05, 0.1) is 60.1 Å². The summed E-state index contributed by atoms with van der Waals surface area (Å²) in [4.78, 5) is 52.0. The van der Waals surface area contributed by atoms with E-state index in [2.05, 4.69) is 20.1 Å². The first-order chi connectivity index (χ1) is 33.4. The van der Waals surface area contributed by atoms with E-state index >= 15 is 4.39 Å². The molecule has 5 heterocycles. The number of aliphatic hydroxyl groups is 4. The number of cyclic esters (lactones) is 1. The number of carbonyl (C=O) groups excluding carboxylic acids is 3. The highest BCUT2D eigenvalue weighted by Crippen LogP contribution is 2.41. The van der Waals surface area contributed by atoms with Crippen LogP contribution in [0.2, 0.25) is 0 Å². The van der Waals surface area contributed by atoms with Crippen molar-refractivity contribution in [3.63, 3.8) is 0 Å². The number of hydrogen-bond donors (Lipinski definition) is 5. The number of piperazine rings is 1. The number of ketones is 1. The summed E-state index contributed by atoms with van der Waals surface area (Å²) < 4.78 is 55.3. The summed E-state index contributed by atoms with van der Waals surface area (Å²) in [6.07, 6.45) is -5.37. The maximum absolute atomic E-state index is 15.5. The standard InChI is InChI=1S/C52H88FN5O13/c1-13-41-52(10,65)46(62)33(7)48(63)55-29(3)27-51(9,66-22-14-17-57-18-20-58(21-19-57)38-26-37-35(25-36(38)53)40(59)15-16-54-37)47(71-50-44(61)39(56(11)12)24-30(4)67-50)31(5)45(32(6)49(64)69-41)70-42-23-28(2)43(60)34(8)68-42/h16,28-35,37,39,41-47,50,60-62,65H,13-15,17-27H2,1-12H3,(H,55,63). The van der Waals surface area contributed by atoms with Crippen molar-refractivity contribution < 1.29 is 67.6 Å². The Bertz CT molecular complexity index is 1860. The number of nitrogens with zero attached hydrogens (tertiary/aromatic N) is 4. The Kier molecular flexibility index (Phi) is 19.7. The predicted octanol–water partition coefficient (Wildman–Crippen LogP) is 3.35. The number of halogens is 1. The van der Waals surface area contributed by atoms with Crippen molar-refractivity contribution in [2.24, 2.45) is 34.6 Å². The van der Waals surface area contributed by atoms with Crippen LogP contribution in [-0.4, -0.2) is 203 Å². The smallest absolute Gasteiger partial charge is 0.311 e. The van der Waals surface area contributed by atoms with Crippen LogP contribution in [0.15, 0.2) is 16.5 Å². The molecule has 6 rings (SSSR count). The van der Waals surface area contributed by atoms with E-state index in [1.807, 2.05) is 53.6 Å². The summed E-state index contributed by atoms with van der Waals surface area (Å²) >= 11 is 0. The molecule has 71 heavy (non-hydrogen) atoms. The molecule has 0 saturated carbocycles. The van der Waals surface area contributed by atoms with E-state index in [1.54, 1.807) is 27.0 Å². The number of hydrogen-bond acceptors (Lipinski definition) is 17. The van der Waals surface area contributed by atoms with Crippen molar-refractivity contribution in [2.45, 2.75) is 211 Å². The molecule has 0 aromatic heterocycles. The van der Waals surface area contributed by atoms with Gasteiger partial charge in [-0.1, -0.05) is 27.7 Å². The van der Waals surface area contributed by atoms with Gasteiger partial charge in [-0.3, -0.25) is 24.3 Å². The fourth-order valence-corrected chi connectivity index (χ4v) is 12.1. The number of rotatable bonds is 12. The van der Waals surface area contributed by atoms with Gasteiger partial charge < -0.3 is 64.0 Å². The molecule has 0 aromatic rings. The topological polar surface area (TPSA) is 222 Å². The number of aliphatic hydroxyl groups excluding tert-OH is 3. The lowest BCUT2D eigenvalue weighted by molar-refractivity contribution is -0.313. The Balaban J connectivity index is 1.31. The highest BCUT2D eigenvalue weighted by atomic mass is 19.1. The number of aliphatic imine (C=N–C) groups is 1. The molecule has 4 fully saturated rings. The summed E-state index contributed by atoms with van der Waals surface area (Å²) in [5, 5.41) is 49.3. The van der Waals surface area contributed by atoms with Crippen molar-refractivity contribution in [2.75, 3.05) is 53.4 Å². The zero-order valence-corrected chi connectivity index (χ0v) is 44.5. The number of esters is 1. The van der Waals surface area contributed by atoms with Gasteiger partial charge in [-0.05, 0) is 87.2 Å². The quantitative estimate of drug-likeness (QED) is 0.140. The van der Waals surface area contributed by atoms with E-state index in [0.717, 1.165) is 0 Å². The van der Waals surface area contributed by atoms with Crippen LogP contribution in [0, 0.1) is 29.6 Å². The van der Waals surface area contributed by atoms with Crippen LogP contribution in [0.5, 0.6) is 0 Å². The van der Waals surface area contributed by atoms with Crippen molar-refractivity contribution in [3.05, 3.63) is 11.5 Å². The third-order valence-electron chi connectivity index (χ3n) is 16.6. The molecule has 6 aliphatic rings. The molecule has 19 heteroatoms. The highest BCUT2D eigenvalue weighted by molar-refractivity contribution is 5.95. The normalized spacial score (nSPS) is 43.9. The number of Topliss-reactive ketones (excluding diaryl/α,β-unsaturated/α-hetero) is 1. The number of nitrogens with one attached hydrogen (secondary N) is 1. The van der Waals surface area contributed by atoms with E-state index in [9.17, 15) is 34.8 Å². The van der Waals surface area contributed by atoms with Crippen LogP contribution in [-0.2, 0) is 42.8 Å². The van der Waals surface area contributed by atoms with Gasteiger partial charge in [0.1, 0.15) is 29.4 Å². The molecule has 0 spiro atoms. The van der Waals surface area contributed by atoms with Gasteiger partial charge in [0.2, 0.25) is 5.91 Å². The van der Waals surface area contributed by atoms with Crippen LogP contribution in [0.3, 0.4) is 0 Å². The maximum Gasteiger partial charge on any atom is 0.311 e. The molecular weight excluding hydrogens is 922 g/mol. The van der Waals surface area contributed by atoms with E-state index in [1.165, 1.54) is 13.8 Å². The zero-order chi connectivity index (χ0) is 52.3. The van der Waals surface area contributed by atoms with E-state index < -0.39 is 102 Å². The molecule has 406 valence electrons. The number of carbonyl (C=O) groups is 3. The molecule has 0 bridgehead atoms. The number of likely N-dealkylation sites (N-methyl/N-ethyl adjacent to an activating group) is 1. The first-order valence-electron chi connectivity index (χ1n) is 26.4. The average molecular weight is 1010 g/mol. The van der Waals surface area contributed by atoms with Gasteiger partial charge in [0.15, 0.2) is 12.6 Å². The second-order valence-electron chi connectivity index (χ2n) is 22.5. The second kappa shape index (κ2) is 24.3. The molecule has 5 N–H and O–H groups in total. The van der Waals surface area contributed by atoms with Crippen LogP contribution < -0.4 is 5.32 Å². The van der Waals surface area contributed by atoms with Crippen LogP contribution in [0.25, 0.3) is 0 Å². The largest absolute Gasteiger partial charge is 0.459 e. The summed E-state index contributed by atoms with van der Waals surface area (Å²) in [5.41, 5.74) is -2.66. The highest BCUT2D eigenvalue weighted by Gasteiger charge is 2.53.